The number of halogens is 2. The number of morpholine rings is 1. The Balaban J connectivity index is 1.07. The number of anilines is 1. The summed E-state index contributed by atoms with van der Waals surface area (Å²) in [6.07, 6.45) is 4.84. The lowest BCUT2D eigenvalue weighted by Crippen LogP contribution is -2.46. The molecule has 3 unspecified atom stereocenters. The number of methoxy groups -OCH3 is 1. The lowest BCUT2D eigenvalue weighted by Gasteiger charge is -2.36. The first kappa shape index (κ1) is 39.8. The van der Waals surface area contributed by atoms with Gasteiger partial charge in [0.25, 0.3) is 0 Å². The zero-order chi connectivity index (χ0) is 39.2. The fraction of sp³-hybridized carbons (Fsp3) is 0.452. The van der Waals surface area contributed by atoms with E-state index in [1.807, 2.05) is 20.8 Å². The van der Waals surface area contributed by atoms with E-state index in [1.165, 1.54) is 36.4 Å². The molecular weight excluding hydrogens is 710 g/mol. The van der Waals surface area contributed by atoms with E-state index in [2.05, 4.69) is 20.5 Å². The molecule has 0 spiro atoms. The number of carbonyl (C=O) groups excluding carboxylic acids is 2. The summed E-state index contributed by atoms with van der Waals surface area (Å²) in [5, 5.41) is 16.7. The molecule has 11 nitrogen and oxygen atoms in total. The summed E-state index contributed by atoms with van der Waals surface area (Å²) in [6, 6.07) is 14.5. The molecule has 2 fully saturated rings. The standard InChI is InChI=1S/C42H50F2N4O7/c1-5-33(47-40(50)42(15-16-42)39(49)46-29-11-9-28(43)10-12-29)27-8-13-36(32(44)22-27)55-35-14-17-45-34-24-38(37(52-4)23-31(34)35)54-20-7-18-48-19-21-53-30(26-48)25-41(3,51)6-2/h8-14,17,22-24,30,33,51H,5-7,15-16,18-21,25-26H2,1-4H3,(H,46,49)(H,47,50). The van der Waals surface area contributed by atoms with Crippen molar-refractivity contribution in [2.45, 2.75) is 77.0 Å². The molecule has 4 aromatic rings. The van der Waals surface area contributed by atoms with Gasteiger partial charge >= 0.3 is 0 Å². The maximum absolute atomic E-state index is 15.6. The number of fused-ring (bicyclic) bond motifs is 1. The van der Waals surface area contributed by atoms with Crippen molar-refractivity contribution in [2.24, 2.45) is 5.41 Å². The predicted octanol–water partition coefficient (Wildman–Crippen LogP) is 7.32. The van der Waals surface area contributed by atoms with E-state index in [9.17, 15) is 19.1 Å². The molecule has 2 aliphatic rings. The van der Waals surface area contributed by atoms with Gasteiger partial charge in [0, 0.05) is 49.4 Å². The minimum absolute atomic E-state index is 0.00208. The molecule has 3 N–H and O–H groups in total. The van der Waals surface area contributed by atoms with Crippen molar-refractivity contribution in [1.82, 2.24) is 15.2 Å². The minimum atomic E-state index is -1.23. The number of benzene rings is 3. The van der Waals surface area contributed by atoms with Crippen LogP contribution in [0, 0.1) is 17.0 Å². The number of aromatic nitrogens is 1. The third kappa shape index (κ3) is 9.70. The van der Waals surface area contributed by atoms with Crippen molar-refractivity contribution >= 4 is 28.4 Å². The molecule has 0 bridgehead atoms. The zero-order valence-electron chi connectivity index (χ0n) is 31.8. The van der Waals surface area contributed by atoms with E-state index in [4.69, 9.17) is 18.9 Å². The second-order valence-electron chi connectivity index (χ2n) is 14.6. The normalized spacial score (nSPS) is 18.2. The van der Waals surface area contributed by atoms with E-state index in [0.717, 1.165) is 26.1 Å². The number of nitrogens with zero attached hydrogens (tertiary/aromatic N) is 2. The SMILES string of the molecule is CCC(NC(=O)C1(C(=O)Nc2ccc(F)cc2)CC1)c1ccc(Oc2ccnc3cc(OCCCN4CCOC(CC(C)(O)CC)C4)c(OC)cc23)c(F)c1. The van der Waals surface area contributed by atoms with E-state index in [1.54, 1.807) is 37.6 Å². The average molecular weight is 761 g/mol. The first-order valence-electron chi connectivity index (χ1n) is 18.9. The number of nitrogens with one attached hydrogen (secondary N) is 2. The fourth-order valence-electron chi connectivity index (χ4n) is 6.82. The summed E-state index contributed by atoms with van der Waals surface area (Å²) in [5.41, 5.74) is -0.470. The number of pyridine rings is 1. The highest BCUT2D eigenvalue weighted by Crippen LogP contribution is 2.47. The van der Waals surface area contributed by atoms with Crippen LogP contribution in [0.1, 0.15) is 70.9 Å². The predicted molar refractivity (Wildman–Crippen MR) is 204 cm³/mol. The van der Waals surface area contributed by atoms with Gasteiger partial charge in [0.15, 0.2) is 23.1 Å². The van der Waals surface area contributed by atoms with Crippen LogP contribution in [0.25, 0.3) is 10.9 Å². The molecule has 2 amide bonds. The number of hydrogen-bond donors (Lipinski definition) is 3. The number of rotatable bonds is 17. The van der Waals surface area contributed by atoms with Gasteiger partial charge in [-0.3, -0.25) is 19.5 Å². The van der Waals surface area contributed by atoms with Gasteiger partial charge in [0.2, 0.25) is 11.8 Å². The van der Waals surface area contributed by atoms with Crippen LogP contribution in [-0.4, -0.2) is 78.5 Å². The Morgan fingerprint density at radius 2 is 1.82 bits per heavy atom. The van der Waals surface area contributed by atoms with Crippen LogP contribution in [-0.2, 0) is 14.3 Å². The second kappa shape index (κ2) is 17.3. The van der Waals surface area contributed by atoms with Gasteiger partial charge < -0.3 is 34.7 Å². The molecular formula is C42H50F2N4O7. The summed E-state index contributed by atoms with van der Waals surface area (Å²) in [6.45, 7) is 9.20. The Morgan fingerprint density at radius 3 is 2.51 bits per heavy atom. The highest BCUT2D eigenvalue weighted by molar-refractivity contribution is 6.13. The number of aliphatic hydroxyl groups is 1. The molecule has 6 rings (SSSR count). The third-order valence-electron chi connectivity index (χ3n) is 10.5. The monoisotopic (exact) mass is 760 g/mol. The Bertz CT molecular complexity index is 1970. The summed E-state index contributed by atoms with van der Waals surface area (Å²) >= 11 is 0. The molecule has 13 heteroatoms. The van der Waals surface area contributed by atoms with Crippen LogP contribution >= 0.6 is 0 Å². The zero-order valence-corrected chi connectivity index (χ0v) is 31.8. The van der Waals surface area contributed by atoms with E-state index in [-0.39, 0.29) is 11.9 Å². The molecule has 1 saturated carbocycles. The molecule has 1 aliphatic carbocycles. The van der Waals surface area contributed by atoms with E-state index in [0.29, 0.717) is 84.7 Å². The van der Waals surface area contributed by atoms with Crippen molar-refractivity contribution in [3.8, 4) is 23.0 Å². The van der Waals surface area contributed by atoms with E-state index >= 15 is 4.39 Å². The topological polar surface area (TPSA) is 131 Å². The lowest BCUT2D eigenvalue weighted by molar-refractivity contribution is -0.135. The highest BCUT2D eigenvalue weighted by Gasteiger charge is 2.56. The minimum Gasteiger partial charge on any atom is -0.493 e. The van der Waals surface area contributed by atoms with Crippen LogP contribution in [0.4, 0.5) is 14.5 Å². The van der Waals surface area contributed by atoms with Crippen molar-refractivity contribution in [3.63, 3.8) is 0 Å². The third-order valence-corrected chi connectivity index (χ3v) is 10.5. The maximum atomic E-state index is 15.6. The molecule has 3 aromatic carbocycles. The first-order chi connectivity index (χ1) is 26.4. The van der Waals surface area contributed by atoms with Gasteiger partial charge in [0.1, 0.15) is 17.0 Å². The summed E-state index contributed by atoms with van der Waals surface area (Å²) in [5.74, 6) is -0.590. The quantitative estimate of drug-likeness (QED) is 0.0749. The van der Waals surface area contributed by atoms with Crippen molar-refractivity contribution in [3.05, 3.63) is 84.1 Å². The van der Waals surface area contributed by atoms with Gasteiger partial charge in [0.05, 0.1) is 43.6 Å². The van der Waals surface area contributed by atoms with Crippen molar-refractivity contribution < 1.29 is 42.4 Å². The van der Waals surface area contributed by atoms with Crippen LogP contribution < -0.4 is 24.8 Å². The average Bonchev–Trinajstić information content (AvgIpc) is 4.00. The summed E-state index contributed by atoms with van der Waals surface area (Å²) < 4.78 is 52.7. The Kier molecular flexibility index (Phi) is 12.5. The Hall–Kier alpha value is -4.85. The molecule has 55 heavy (non-hydrogen) atoms. The van der Waals surface area contributed by atoms with Gasteiger partial charge in [-0.15, -0.1) is 0 Å². The smallest absolute Gasteiger partial charge is 0.240 e. The number of carbonyl (C=O) groups is 2. The summed E-state index contributed by atoms with van der Waals surface area (Å²) in [7, 11) is 1.55. The molecule has 1 saturated heterocycles. The van der Waals surface area contributed by atoms with E-state index < -0.39 is 40.5 Å². The number of amides is 2. The van der Waals surface area contributed by atoms with Gasteiger partial charge in [-0.1, -0.05) is 19.9 Å². The molecule has 3 atom stereocenters. The number of hydrogen-bond acceptors (Lipinski definition) is 9. The van der Waals surface area contributed by atoms with Crippen molar-refractivity contribution in [2.75, 3.05) is 45.3 Å². The highest BCUT2D eigenvalue weighted by atomic mass is 19.1. The lowest BCUT2D eigenvalue weighted by atomic mass is 9.95. The van der Waals surface area contributed by atoms with Gasteiger partial charge in [-0.2, -0.15) is 0 Å². The van der Waals surface area contributed by atoms with Crippen LogP contribution in [0.3, 0.4) is 0 Å². The van der Waals surface area contributed by atoms with Gasteiger partial charge in [-0.05, 0) is 93.1 Å². The second-order valence-corrected chi connectivity index (χ2v) is 14.6. The fourth-order valence-corrected chi connectivity index (χ4v) is 6.82. The Labute approximate surface area is 320 Å². The molecule has 2 heterocycles. The van der Waals surface area contributed by atoms with Crippen LogP contribution in [0.15, 0.2) is 66.9 Å². The Morgan fingerprint density at radius 1 is 1.04 bits per heavy atom. The molecule has 1 aromatic heterocycles. The van der Waals surface area contributed by atoms with Crippen molar-refractivity contribution in [1.29, 1.82) is 0 Å². The first-order valence-corrected chi connectivity index (χ1v) is 18.9. The van der Waals surface area contributed by atoms with Crippen LogP contribution in [0.5, 0.6) is 23.0 Å². The van der Waals surface area contributed by atoms with Crippen LogP contribution in [0.2, 0.25) is 0 Å². The molecule has 0 radical (unpaired) electrons. The largest absolute Gasteiger partial charge is 0.493 e. The number of ether oxygens (including phenoxy) is 4. The molecule has 1 aliphatic heterocycles. The summed E-state index contributed by atoms with van der Waals surface area (Å²) in [4.78, 5) is 33.2. The maximum Gasteiger partial charge on any atom is 0.240 e. The molecule has 294 valence electrons. The van der Waals surface area contributed by atoms with Gasteiger partial charge in [-0.25, -0.2) is 8.78 Å².